The number of ketones is 1. The topological polar surface area (TPSA) is 57.2 Å². The van der Waals surface area contributed by atoms with E-state index in [1.165, 1.54) is 12.1 Å². The van der Waals surface area contributed by atoms with Crippen LogP contribution < -0.4 is 34.7 Å². The maximum atomic E-state index is 12.5. The maximum absolute atomic E-state index is 12.5. The van der Waals surface area contributed by atoms with Crippen molar-refractivity contribution in [2.45, 2.75) is 12.8 Å². The first kappa shape index (κ1) is 16.2. The van der Waals surface area contributed by atoms with Crippen LogP contribution in [-0.4, -0.2) is 11.8 Å². The molecule has 0 aromatic heterocycles. The molecule has 0 spiro atoms. The minimum absolute atomic E-state index is 0. The molecule has 0 saturated heterocycles. The Kier molecular flexibility index (Phi) is 4.89. The Labute approximate surface area is 149 Å². The molecular formula is C16H10ClNaO3. The number of aromatic carboxylic acids is 1. The first-order valence-electron chi connectivity index (χ1n) is 6.23. The standard InChI is InChI=1S/C16H11ClO3.Na/c17-12-5-3-9-1-2-10-7-11(16(19)20)4-6-13(10)15(18)14(9)8-12;/h3-8H,1-2H2,(H,19,20);/q;+1/p-1. The zero-order valence-electron chi connectivity index (χ0n) is 11.5. The van der Waals surface area contributed by atoms with Crippen molar-refractivity contribution in [3.63, 3.8) is 0 Å². The van der Waals surface area contributed by atoms with Gasteiger partial charge in [0.1, 0.15) is 0 Å². The molecule has 0 saturated carbocycles. The van der Waals surface area contributed by atoms with Gasteiger partial charge in [-0.1, -0.05) is 29.8 Å². The smallest absolute Gasteiger partial charge is 0.545 e. The number of fused-ring (bicyclic) bond motifs is 2. The summed E-state index contributed by atoms with van der Waals surface area (Å²) in [7, 11) is 0. The number of rotatable bonds is 1. The third kappa shape index (κ3) is 3.06. The average molecular weight is 309 g/mol. The van der Waals surface area contributed by atoms with Crippen molar-refractivity contribution in [2.24, 2.45) is 0 Å². The number of hydrogen-bond donors (Lipinski definition) is 0. The summed E-state index contributed by atoms with van der Waals surface area (Å²) < 4.78 is 0. The molecule has 0 N–H and O–H groups in total. The molecule has 100 valence electrons. The van der Waals surface area contributed by atoms with Crippen LogP contribution in [0.2, 0.25) is 5.02 Å². The second kappa shape index (κ2) is 6.32. The van der Waals surface area contributed by atoms with Crippen LogP contribution in [0.1, 0.15) is 37.4 Å². The Bertz CT molecular complexity index is 740. The number of hydrogen-bond acceptors (Lipinski definition) is 3. The minimum Gasteiger partial charge on any atom is -0.545 e. The molecule has 5 heteroatoms. The molecule has 0 unspecified atom stereocenters. The summed E-state index contributed by atoms with van der Waals surface area (Å²) in [4.78, 5) is 23.4. The quantitative estimate of drug-likeness (QED) is 0.638. The average Bonchev–Trinajstić information content (AvgIpc) is 2.57. The summed E-state index contributed by atoms with van der Waals surface area (Å²) >= 11 is 5.95. The van der Waals surface area contributed by atoms with Gasteiger partial charge in [0.25, 0.3) is 0 Å². The van der Waals surface area contributed by atoms with Gasteiger partial charge in [0.05, 0.1) is 5.97 Å². The van der Waals surface area contributed by atoms with Crippen molar-refractivity contribution in [3.05, 3.63) is 69.2 Å². The van der Waals surface area contributed by atoms with E-state index in [4.69, 9.17) is 11.6 Å². The first-order chi connectivity index (χ1) is 9.56. The van der Waals surface area contributed by atoms with E-state index in [1.54, 1.807) is 18.2 Å². The molecule has 3 nitrogen and oxygen atoms in total. The molecule has 0 atom stereocenters. The summed E-state index contributed by atoms with van der Waals surface area (Å²) in [5.41, 5.74) is 2.91. The van der Waals surface area contributed by atoms with E-state index < -0.39 is 5.97 Å². The SMILES string of the molecule is O=C([O-])c1ccc2c(c1)CCc1ccc(Cl)cc1C2=O.[Na+]. The molecule has 0 fully saturated rings. The van der Waals surface area contributed by atoms with Gasteiger partial charge in [-0.2, -0.15) is 0 Å². The number of carbonyl (C=O) groups is 2. The molecule has 0 aliphatic heterocycles. The van der Waals surface area contributed by atoms with Gasteiger partial charge in [-0.25, -0.2) is 0 Å². The van der Waals surface area contributed by atoms with Crippen LogP contribution in [0.5, 0.6) is 0 Å². The minimum atomic E-state index is -1.23. The van der Waals surface area contributed by atoms with Crippen molar-refractivity contribution in [3.8, 4) is 0 Å². The Morgan fingerprint density at radius 3 is 2.43 bits per heavy atom. The van der Waals surface area contributed by atoms with Crippen LogP contribution in [0.4, 0.5) is 0 Å². The molecule has 0 heterocycles. The van der Waals surface area contributed by atoms with Crippen LogP contribution in [0.3, 0.4) is 0 Å². The maximum Gasteiger partial charge on any atom is 1.00 e. The molecular weight excluding hydrogens is 299 g/mol. The summed E-state index contributed by atoms with van der Waals surface area (Å²) in [6, 6.07) is 9.76. The van der Waals surface area contributed by atoms with Crippen LogP contribution >= 0.6 is 11.6 Å². The van der Waals surface area contributed by atoms with Gasteiger partial charge in [-0.15, -0.1) is 0 Å². The number of carbonyl (C=O) groups excluding carboxylic acids is 2. The van der Waals surface area contributed by atoms with Crippen molar-refractivity contribution in [1.82, 2.24) is 0 Å². The Morgan fingerprint density at radius 2 is 1.71 bits per heavy atom. The van der Waals surface area contributed by atoms with Gasteiger partial charge in [-0.3, -0.25) is 4.79 Å². The van der Waals surface area contributed by atoms with E-state index in [2.05, 4.69) is 0 Å². The Hall–Kier alpha value is -1.13. The fraction of sp³-hybridized carbons (Fsp3) is 0.125. The van der Waals surface area contributed by atoms with Gasteiger partial charge in [0, 0.05) is 16.1 Å². The fourth-order valence-corrected chi connectivity index (χ4v) is 2.71. The van der Waals surface area contributed by atoms with E-state index in [9.17, 15) is 14.7 Å². The van der Waals surface area contributed by atoms with Gasteiger partial charge in [0.15, 0.2) is 5.78 Å². The number of aryl methyl sites for hydroxylation is 2. The van der Waals surface area contributed by atoms with Crippen LogP contribution in [0, 0.1) is 0 Å². The Morgan fingerprint density at radius 1 is 1.00 bits per heavy atom. The largest absolute Gasteiger partial charge is 1.00 e. The molecule has 3 rings (SSSR count). The van der Waals surface area contributed by atoms with E-state index in [1.807, 2.05) is 6.07 Å². The van der Waals surface area contributed by atoms with Crippen LogP contribution in [-0.2, 0) is 12.8 Å². The molecule has 1 aliphatic carbocycles. The molecule has 2 aromatic rings. The van der Waals surface area contributed by atoms with Crippen molar-refractivity contribution >= 4 is 23.4 Å². The van der Waals surface area contributed by atoms with Crippen LogP contribution in [0.15, 0.2) is 36.4 Å². The third-order valence-corrected chi connectivity index (χ3v) is 3.80. The number of benzene rings is 2. The number of halogens is 1. The van der Waals surface area contributed by atoms with Gasteiger partial charge in [0.2, 0.25) is 0 Å². The summed E-state index contributed by atoms with van der Waals surface area (Å²) in [6.45, 7) is 0. The van der Waals surface area contributed by atoms with E-state index >= 15 is 0 Å². The zero-order valence-corrected chi connectivity index (χ0v) is 14.2. The molecule has 0 amide bonds. The predicted molar refractivity (Wildman–Crippen MR) is 73.1 cm³/mol. The molecule has 0 bridgehead atoms. The fourth-order valence-electron chi connectivity index (χ4n) is 2.54. The normalized spacial score (nSPS) is 12.7. The van der Waals surface area contributed by atoms with Gasteiger partial charge in [-0.05, 0) is 47.7 Å². The van der Waals surface area contributed by atoms with Crippen molar-refractivity contribution < 1.29 is 44.3 Å². The van der Waals surface area contributed by atoms with Gasteiger partial charge >= 0.3 is 29.6 Å². The second-order valence-corrected chi connectivity index (χ2v) is 5.23. The second-order valence-electron chi connectivity index (χ2n) is 4.79. The third-order valence-electron chi connectivity index (χ3n) is 3.57. The Balaban J connectivity index is 0.00000161. The summed E-state index contributed by atoms with van der Waals surface area (Å²) in [6.07, 6.45) is 1.30. The summed E-state index contributed by atoms with van der Waals surface area (Å²) in [5.74, 6) is -1.34. The van der Waals surface area contributed by atoms with Crippen LogP contribution in [0.25, 0.3) is 0 Å². The molecule has 0 radical (unpaired) electrons. The monoisotopic (exact) mass is 308 g/mol. The summed E-state index contributed by atoms with van der Waals surface area (Å²) in [5, 5.41) is 11.4. The molecule has 2 aromatic carbocycles. The number of carboxylic acids is 1. The molecule has 21 heavy (non-hydrogen) atoms. The zero-order chi connectivity index (χ0) is 14.3. The molecule has 1 aliphatic rings. The van der Waals surface area contributed by atoms with Gasteiger partial charge < -0.3 is 9.90 Å². The van der Waals surface area contributed by atoms with Crippen molar-refractivity contribution in [2.75, 3.05) is 0 Å². The predicted octanol–water partition coefficient (Wildman–Crippen LogP) is -0.963. The van der Waals surface area contributed by atoms with E-state index in [-0.39, 0.29) is 40.9 Å². The number of carboxylic acid groups (broad SMARTS) is 1. The van der Waals surface area contributed by atoms with Crippen molar-refractivity contribution in [1.29, 1.82) is 0 Å². The van der Waals surface area contributed by atoms with E-state index in [0.29, 0.717) is 29.0 Å². The first-order valence-corrected chi connectivity index (χ1v) is 6.61. The van der Waals surface area contributed by atoms with E-state index in [0.717, 1.165) is 11.1 Å².